The normalized spacial score (nSPS) is 38.5. The molecule has 1 heterocycles. The number of phosphoric ester groups is 1. The summed E-state index contributed by atoms with van der Waals surface area (Å²) in [5, 5.41) is 37.3. The van der Waals surface area contributed by atoms with E-state index >= 15 is 0 Å². The Balaban J connectivity index is 2.96. The average molecular weight is 340 g/mol. The standard InChI is InChI=1S/C6H14O12P2/c7-2-6(5(10)4(9)3(8)1-16-6)17-20(14,15)18-19(11,12)13/h3-5,7-10H,1-2H2,(H,14,15)(H2,11,12,13)/t3-,4-,5-,6+/m0/s1. The molecule has 0 aromatic heterocycles. The zero-order valence-electron chi connectivity index (χ0n) is 9.71. The molecule has 0 aliphatic carbocycles. The molecule has 1 aliphatic rings. The monoisotopic (exact) mass is 340 g/mol. The highest BCUT2D eigenvalue weighted by molar-refractivity contribution is 7.60. The number of phosphoric acid groups is 2. The second-order valence-corrected chi connectivity index (χ2v) is 6.67. The molecule has 120 valence electrons. The summed E-state index contributed by atoms with van der Waals surface area (Å²) in [7, 11) is -10.9. The molecule has 7 N–H and O–H groups in total. The summed E-state index contributed by atoms with van der Waals surface area (Å²) < 4.78 is 34.2. The van der Waals surface area contributed by atoms with Crippen molar-refractivity contribution in [3.8, 4) is 0 Å². The molecular weight excluding hydrogens is 326 g/mol. The second kappa shape index (κ2) is 6.05. The van der Waals surface area contributed by atoms with Gasteiger partial charge in [0, 0.05) is 0 Å². The van der Waals surface area contributed by atoms with E-state index in [1.807, 2.05) is 0 Å². The van der Waals surface area contributed by atoms with Gasteiger partial charge < -0.3 is 39.8 Å². The molecule has 14 heteroatoms. The fourth-order valence-electron chi connectivity index (χ4n) is 1.48. The lowest BCUT2D eigenvalue weighted by Gasteiger charge is -2.43. The van der Waals surface area contributed by atoms with Crippen molar-refractivity contribution in [1.29, 1.82) is 0 Å². The Morgan fingerprint density at radius 1 is 1.20 bits per heavy atom. The molecular formula is C6H14O12P2. The van der Waals surface area contributed by atoms with Gasteiger partial charge in [0.1, 0.15) is 24.9 Å². The molecule has 5 atom stereocenters. The molecule has 0 spiro atoms. The predicted molar refractivity (Wildman–Crippen MR) is 57.8 cm³/mol. The van der Waals surface area contributed by atoms with Crippen LogP contribution in [-0.2, 0) is 22.7 Å². The third-order valence-electron chi connectivity index (χ3n) is 2.37. The van der Waals surface area contributed by atoms with E-state index < -0.39 is 53.0 Å². The number of aliphatic hydroxyl groups excluding tert-OH is 4. The SMILES string of the molecule is O=P(O)(O)OP(=O)(O)O[C@@]1(CO)OC[C@H](O)[C@H](O)[C@@H]1O. The number of aliphatic hydroxyl groups is 4. The molecule has 20 heavy (non-hydrogen) atoms. The molecule has 1 fully saturated rings. The van der Waals surface area contributed by atoms with E-state index in [2.05, 4.69) is 13.6 Å². The van der Waals surface area contributed by atoms with Crippen LogP contribution in [0.1, 0.15) is 0 Å². The molecule has 1 aliphatic heterocycles. The van der Waals surface area contributed by atoms with Gasteiger partial charge in [-0.15, -0.1) is 0 Å². The lowest BCUT2D eigenvalue weighted by molar-refractivity contribution is -0.322. The Labute approximate surface area is 112 Å². The van der Waals surface area contributed by atoms with Crippen molar-refractivity contribution in [1.82, 2.24) is 0 Å². The van der Waals surface area contributed by atoms with Crippen LogP contribution in [0.25, 0.3) is 0 Å². The molecule has 12 nitrogen and oxygen atoms in total. The maximum absolute atomic E-state index is 11.4. The second-order valence-electron chi connectivity index (χ2n) is 3.92. The van der Waals surface area contributed by atoms with E-state index in [9.17, 15) is 24.4 Å². The van der Waals surface area contributed by atoms with Gasteiger partial charge in [-0.1, -0.05) is 0 Å². The van der Waals surface area contributed by atoms with Crippen LogP contribution in [0.4, 0.5) is 0 Å². The molecule has 0 aromatic carbocycles. The summed E-state index contributed by atoms with van der Waals surface area (Å²) in [5.41, 5.74) is 0. The van der Waals surface area contributed by atoms with Crippen LogP contribution in [0.3, 0.4) is 0 Å². The van der Waals surface area contributed by atoms with Gasteiger partial charge in [-0.05, 0) is 0 Å². The van der Waals surface area contributed by atoms with Gasteiger partial charge in [0.2, 0.25) is 5.79 Å². The zero-order chi connectivity index (χ0) is 15.8. The topological polar surface area (TPSA) is 203 Å². The van der Waals surface area contributed by atoms with Crippen LogP contribution in [0.15, 0.2) is 0 Å². The summed E-state index contributed by atoms with van der Waals surface area (Å²) in [4.78, 5) is 26.0. The van der Waals surface area contributed by atoms with Crippen LogP contribution in [0.2, 0.25) is 0 Å². The van der Waals surface area contributed by atoms with E-state index in [1.54, 1.807) is 0 Å². The first-order chi connectivity index (χ1) is 8.92. The van der Waals surface area contributed by atoms with Crippen molar-refractivity contribution < 1.29 is 57.8 Å². The van der Waals surface area contributed by atoms with Gasteiger partial charge >= 0.3 is 15.6 Å². The Kier molecular flexibility index (Phi) is 5.48. The smallest absolute Gasteiger partial charge is 0.391 e. The minimum absolute atomic E-state index is 0.686. The van der Waals surface area contributed by atoms with E-state index in [-0.39, 0.29) is 0 Å². The number of rotatable bonds is 5. The first-order valence-corrected chi connectivity index (χ1v) is 8.04. The number of hydrogen-bond donors (Lipinski definition) is 7. The highest BCUT2D eigenvalue weighted by Gasteiger charge is 2.55. The maximum atomic E-state index is 11.4. The Morgan fingerprint density at radius 3 is 2.20 bits per heavy atom. The van der Waals surface area contributed by atoms with E-state index in [0.29, 0.717) is 0 Å². The van der Waals surface area contributed by atoms with Crippen molar-refractivity contribution in [3.05, 3.63) is 0 Å². The van der Waals surface area contributed by atoms with Crippen LogP contribution in [-0.4, -0.2) is 72.4 Å². The summed E-state index contributed by atoms with van der Waals surface area (Å²) >= 11 is 0. The van der Waals surface area contributed by atoms with Crippen LogP contribution in [0, 0.1) is 0 Å². The van der Waals surface area contributed by atoms with Crippen molar-refractivity contribution in [2.24, 2.45) is 0 Å². The fourth-order valence-corrected chi connectivity index (χ4v) is 3.29. The minimum Gasteiger partial charge on any atom is -0.391 e. The van der Waals surface area contributed by atoms with E-state index in [4.69, 9.17) is 19.8 Å². The number of hydrogen-bond acceptors (Lipinski definition) is 9. The van der Waals surface area contributed by atoms with Gasteiger partial charge in [-0.3, -0.25) is 0 Å². The molecule has 0 aromatic rings. The van der Waals surface area contributed by atoms with Crippen LogP contribution >= 0.6 is 15.6 Å². The molecule has 0 saturated carbocycles. The lowest BCUT2D eigenvalue weighted by atomic mass is 9.98. The minimum atomic E-state index is -5.45. The van der Waals surface area contributed by atoms with Crippen molar-refractivity contribution >= 4 is 15.6 Å². The van der Waals surface area contributed by atoms with Gasteiger partial charge in [0.25, 0.3) is 0 Å². The van der Waals surface area contributed by atoms with E-state index in [0.717, 1.165) is 0 Å². The summed E-state index contributed by atoms with van der Waals surface area (Å²) in [6.45, 7) is -1.96. The summed E-state index contributed by atoms with van der Waals surface area (Å²) in [5.74, 6) is -2.70. The van der Waals surface area contributed by atoms with Gasteiger partial charge in [0.05, 0.1) is 6.61 Å². The van der Waals surface area contributed by atoms with Crippen molar-refractivity contribution in [2.75, 3.05) is 13.2 Å². The largest absolute Gasteiger partial charge is 0.483 e. The number of ether oxygens (including phenoxy) is 1. The van der Waals surface area contributed by atoms with E-state index in [1.165, 1.54) is 0 Å². The highest BCUT2D eigenvalue weighted by atomic mass is 31.3. The maximum Gasteiger partial charge on any atom is 0.483 e. The van der Waals surface area contributed by atoms with Gasteiger partial charge in [-0.25, -0.2) is 13.7 Å². The molecule has 1 rings (SSSR count). The summed E-state index contributed by atoms with van der Waals surface area (Å²) in [6.07, 6.45) is -5.64. The highest BCUT2D eigenvalue weighted by Crippen LogP contribution is 2.60. The Hall–Kier alpha value is 0.0600. The summed E-state index contributed by atoms with van der Waals surface area (Å²) in [6, 6.07) is 0. The average Bonchev–Trinajstić information content (AvgIpc) is 2.27. The molecule has 0 bridgehead atoms. The van der Waals surface area contributed by atoms with Crippen molar-refractivity contribution in [2.45, 2.75) is 24.1 Å². The lowest BCUT2D eigenvalue weighted by Crippen LogP contribution is -2.63. The molecule has 1 saturated heterocycles. The predicted octanol–water partition coefficient (Wildman–Crippen LogP) is -2.99. The Bertz CT molecular complexity index is 434. The fraction of sp³-hybridized carbons (Fsp3) is 1.00. The molecule has 1 unspecified atom stereocenters. The molecule has 0 radical (unpaired) electrons. The Morgan fingerprint density at radius 2 is 1.75 bits per heavy atom. The quantitative estimate of drug-likeness (QED) is 0.250. The zero-order valence-corrected chi connectivity index (χ0v) is 11.5. The van der Waals surface area contributed by atoms with Gasteiger partial charge in [-0.2, -0.15) is 4.31 Å². The van der Waals surface area contributed by atoms with Crippen molar-refractivity contribution in [3.63, 3.8) is 0 Å². The molecule has 0 amide bonds. The van der Waals surface area contributed by atoms with Crippen LogP contribution < -0.4 is 0 Å². The third-order valence-corrected chi connectivity index (χ3v) is 4.58. The van der Waals surface area contributed by atoms with Crippen LogP contribution in [0.5, 0.6) is 0 Å². The first kappa shape index (κ1) is 18.1. The third kappa shape index (κ3) is 4.28. The van der Waals surface area contributed by atoms with Gasteiger partial charge in [0.15, 0.2) is 0 Å². The first-order valence-electron chi connectivity index (χ1n) is 5.02.